The van der Waals surface area contributed by atoms with Crippen molar-refractivity contribution in [3.63, 3.8) is 0 Å². The van der Waals surface area contributed by atoms with E-state index in [0.717, 1.165) is 5.69 Å². The Morgan fingerprint density at radius 1 is 1.64 bits per heavy atom. The van der Waals surface area contributed by atoms with Gasteiger partial charge in [-0.25, -0.2) is 0 Å². The van der Waals surface area contributed by atoms with Crippen LogP contribution in [0.2, 0.25) is 0 Å². The van der Waals surface area contributed by atoms with Gasteiger partial charge < -0.3 is 9.84 Å². The molecule has 0 atom stereocenters. The lowest BCUT2D eigenvalue weighted by Gasteiger charge is -1.95. The third-order valence-corrected chi connectivity index (χ3v) is 1.62. The van der Waals surface area contributed by atoms with Crippen LogP contribution in [0.5, 0.6) is 0 Å². The quantitative estimate of drug-likeness (QED) is 0.742. The van der Waals surface area contributed by atoms with E-state index in [2.05, 4.69) is 25.2 Å². The second-order valence-electron chi connectivity index (χ2n) is 2.78. The van der Waals surface area contributed by atoms with Crippen molar-refractivity contribution in [2.24, 2.45) is 0 Å². The van der Waals surface area contributed by atoms with Crippen LogP contribution in [-0.4, -0.2) is 21.3 Å². The van der Waals surface area contributed by atoms with Crippen LogP contribution in [0, 0.1) is 6.92 Å². The number of carbonyl (C=O) groups is 1. The van der Waals surface area contributed by atoms with Crippen LogP contribution < -0.4 is 5.32 Å². The summed E-state index contributed by atoms with van der Waals surface area (Å²) < 4.78 is 4.54. The fraction of sp³-hybridized carbons (Fsp3) is 0.125. The van der Waals surface area contributed by atoms with Crippen LogP contribution in [0.1, 0.15) is 16.2 Å². The first kappa shape index (κ1) is 8.49. The Morgan fingerprint density at radius 2 is 2.50 bits per heavy atom. The minimum atomic E-state index is -0.342. The van der Waals surface area contributed by atoms with Gasteiger partial charge in [0, 0.05) is 17.8 Å². The highest BCUT2D eigenvalue weighted by Crippen LogP contribution is 2.05. The summed E-state index contributed by atoms with van der Waals surface area (Å²) >= 11 is 0. The number of aromatic nitrogens is 3. The number of hydrogen-bond acceptors (Lipinski definition) is 4. The molecule has 0 aliphatic rings. The van der Waals surface area contributed by atoms with Crippen molar-refractivity contribution in [2.45, 2.75) is 6.92 Å². The minimum Gasteiger partial charge on any atom is -0.364 e. The molecule has 0 spiro atoms. The number of carbonyl (C=O) groups excluding carboxylic acids is 1. The van der Waals surface area contributed by atoms with Gasteiger partial charge in [-0.05, 0) is 6.92 Å². The normalized spacial score (nSPS) is 10.1. The lowest BCUT2D eigenvalue weighted by atomic mass is 10.4. The number of aryl methyl sites for hydroxylation is 1. The van der Waals surface area contributed by atoms with Crippen molar-refractivity contribution in [1.82, 2.24) is 15.4 Å². The summed E-state index contributed by atoms with van der Waals surface area (Å²) in [6.07, 6.45) is 1.34. The minimum absolute atomic E-state index is 0.227. The summed E-state index contributed by atoms with van der Waals surface area (Å²) in [6, 6.07) is 3.20. The third kappa shape index (κ3) is 1.63. The molecule has 0 radical (unpaired) electrons. The Bertz CT molecular complexity index is 432. The van der Waals surface area contributed by atoms with Gasteiger partial charge in [-0.1, -0.05) is 5.16 Å². The zero-order valence-corrected chi connectivity index (χ0v) is 7.44. The Kier molecular flexibility index (Phi) is 2.02. The van der Waals surface area contributed by atoms with Crippen molar-refractivity contribution in [3.8, 4) is 0 Å². The number of amides is 1. The number of aromatic amines is 1. The number of hydrogen-bond donors (Lipinski definition) is 2. The first-order valence-corrected chi connectivity index (χ1v) is 3.99. The van der Waals surface area contributed by atoms with E-state index < -0.39 is 0 Å². The largest absolute Gasteiger partial charge is 0.364 e. The fourth-order valence-electron chi connectivity index (χ4n) is 0.992. The van der Waals surface area contributed by atoms with Gasteiger partial charge in [-0.3, -0.25) is 9.89 Å². The highest BCUT2D eigenvalue weighted by Gasteiger charge is 2.10. The van der Waals surface area contributed by atoms with Crippen molar-refractivity contribution in [2.75, 3.05) is 5.32 Å². The summed E-state index contributed by atoms with van der Waals surface area (Å²) in [5, 5.41) is 12.6. The maximum Gasteiger partial charge on any atom is 0.279 e. The predicted molar refractivity (Wildman–Crippen MR) is 47.8 cm³/mol. The van der Waals surface area contributed by atoms with Crippen LogP contribution in [0.25, 0.3) is 0 Å². The van der Waals surface area contributed by atoms with E-state index in [4.69, 9.17) is 0 Å². The highest BCUT2D eigenvalue weighted by atomic mass is 16.5. The molecule has 0 aliphatic carbocycles. The smallest absolute Gasteiger partial charge is 0.279 e. The average Bonchev–Trinajstić information content (AvgIpc) is 2.75. The molecular formula is C8H8N4O2. The summed E-state index contributed by atoms with van der Waals surface area (Å²) in [4.78, 5) is 11.4. The lowest BCUT2D eigenvalue weighted by molar-refractivity contribution is 0.101. The van der Waals surface area contributed by atoms with E-state index in [0.29, 0.717) is 5.82 Å². The SMILES string of the molecule is Cc1cc(NC(=O)c2ccon2)n[nH]1. The predicted octanol–water partition coefficient (Wildman–Crippen LogP) is 0.958. The summed E-state index contributed by atoms with van der Waals surface area (Å²) in [5.41, 5.74) is 1.10. The first-order chi connectivity index (χ1) is 6.75. The van der Waals surface area contributed by atoms with E-state index in [1.807, 2.05) is 6.92 Å². The molecule has 6 heteroatoms. The topological polar surface area (TPSA) is 83.8 Å². The second-order valence-corrected chi connectivity index (χ2v) is 2.78. The molecule has 0 aromatic carbocycles. The van der Waals surface area contributed by atoms with Gasteiger partial charge in [-0.2, -0.15) is 5.10 Å². The first-order valence-electron chi connectivity index (χ1n) is 3.99. The number of anilines is 1. The average molecular weight is 192 g/mol. The number of nitrogens with one attached hydrogen (secondary N) is 2. The molecule has 0 saturated heterocycles. The lowest BCUT2D eigenvalue weighted by Crippen LogP contribution is -2.12. The Labute approximate surface area is 79.3 Å². The van der Waals surface area contributed by atoms with Crippen molar-refractivity contribution in [3.05, 3.63) is 29.8 Å². The van der Waals surface area contributed by atoms with Gasteiger partial charge in [0.1, 0.15) is 6.26 Å². The summed E-state index contributed by atoms with van der Waals surface area (Å²) in [6.45, 7) is 1.85. The van der Waals surface area contributed by atoms with Crippen LogP contribution in [0.3, 0.4) is 0 Å². The van der Waals surface area contributed by atoms with Crippen molar-refractivity contribution < 1.29 is 9.32 Å². The molecule has 2 aromatic rings. The molecule has 2 aromatic heterocycles. The molecule has 2 heterocycles. The maximum atomic E-state index is 11.4. The van der Waals surface area contributed by atoms with Crippen LogP contribution in [-0.2, 0) is 0 Å². The zero-order chi connectivity index (χ0) is 9.97. The van der Waals surface area contributed by atoms with Crippen LogP contribution in [0.15, 0.2) is 22.9 Å². The van der Waals surface area contributed by atoms with E-state index in [1.54, 1.807) is 6.07 Å². The number of nitrogens with zero attached hydrogens (tertiary/aromatic N) is 2. The standard InChI is InChI=1S/C8H8N4O2/c1-5-4-7(11-10-5)9-8(13)6-2-3-14-12-6/h2-4H,1H3,(H2,9,10,11,13). The Hall–Kier alpha value is -2.11. The molecule has 2 N–H and O–H groups in total. The van der Waals surface area contributed by atoms with Gasteiger partial charge in [0.05, 0.1) is 0 Å². The molecular weight excluding hydrogens is 184 g/mol. The number of H-pyrrole nitrogens is 1. The fourth-order valence-corrected chi connectivity index (χ4v) is 0.992. The van der Waals surface area contributed by atoms with Crippen molar-refractivity contribution in [1.29, 1.82) is 0 Å². The zero-order valence-electron chi connectivity index (χ0n) is 7.44. The molecule has 72 valence electrons. The van der Waals surface area contributed by atoms with E-state index >= 15 is 0 Å². The number of rotatable bonds is 2. The second kappa shape index (κ2) is 3.33. The molecule has 6 nitrogen and oxygen atoms in total. The third-order valence-electron chi connectivity index (χ3n) is 1.62. The molecule has 0 saturated carbocycles. The molecule has 14 heavy (non-hydrogen) atoms. The van der Waals surface area contributed by atoms with Crippen LogP contribution >= 0.6 is 0 Å². The van der Waals surface area contributed by atoms with E-state index in [9.17, 15) is 4.79 Å². The van der Waals surface area contributed by atoms with E-state index in [-0.39, 0.29) is 11.6 Å². The summed E-state index contributed by atoms with van der Waals surface area (Å²) in [5.74, 6) is 0.126. The Balaban J connectivity index is 2.09. The van der Waals surface area contributed by atoms with E-state index in [1.165, 1.54) is 12.3 Å². The van der Waals surface area contributed by atoms with Gasteiger partial charge in [-0.15, -0.1) is 0 Å². The van der Waals surface area contributed by atoms with Gasteiger partial charge in [0.25, 0.3) is 5.91 Å². The van der Waals surface area contributed by atoms with Crippen molar-refractivity contribution >= 4 is 11.7 Å². The monoisotopic (exact) mass is 192 g/mol. The molecule has 0 unspecified atom stereocenters. The van der Waals surface area contributed by atoms with Gasteiger partial charge in [0.2, 0.25) is 0 Å². The summed E-state index contributed by atoms with van der Waals surface area (Å²) in [7, 11) is 0. The molecule has 0 aliphatic heterocycles. The molecule has 0 bridgehead atoms. The van der Waals surface area contributed by atoms with Crippen LogP contribution in [0.4, 0.5) is 5.82 Å². The molecule has 0 fully saturated rings. The Morgan fingerprint density at radius 3 is 3.07 bits per heavy atom. The van der Waals surface area contributed by atoms with Gasteiger partial charge >= 0.3 is 0 Å². The molecule has 2 rings (SSSR count). The molecule has 1 amide bonds. The maximum absolute atomic E-state index is 11.4. The highest BCUT2D eigenvalue weighted by molar-refractivity contribution is 6.02. The van der Waals surface area contributed by atoms with Gasteiger partial charge in [0.15, 0.2) is 11.5 Å².